The van der Waals surface area contributed by atoms with Crippen molar-refractivity contribution in [1.82, 2.24) is 14.3 Å². The number of sulfone groups is 1. The Balaban J connectivity index is 2.56. The van der Waals surface area contributed by atoms with E-state index in [1.165, 1.54) is 19.1 Å². The minimum absolute atomic E-state index is 0.00841. The van der Waals surface area contributed by atoms with Crippen LogP contribution in [0.4, 0.5) is 14.5 Å². The fraction of sp³-hybridized carbons (Fsp3) is 0.333. The molecular formula is C12H12Cl2F2N4O3S. The smallest absolute Gasteiger partial charge is 0.355 e. The minimum atomic E-state index is -3.34. The summed E-state index contributed by atoms with van der Waals surface area (Å²) in [5.74, 6) is -0.612. The largest absolute Gasteiger partial charge is 0.370 e. The number of alkyl halides is 2. The Morgan fingerprint density at radius 2 is 1.92 bits per heavy atom. The molecule has 0 aliphatic carbocycles. The Labute approximate surface area is 145 Å². The lowest BCUT2D eigenvalue weighted by molar-refractivity contribution is 0.0640. The summed E-state index contributed by atoms with van der Waals surface area (Å²) < 4.78 is 49.1. The number of hydrogen-bond acceptors (Lipinski definition) is 5. The van der Waals surface area contributed by atoms with Crippen LogP contribution in [0, 0.1) is 6.92 Å². The Hall–Kier alpha value is -1.65. The highest BCUT2D eigenvalue weighted by Crippen LogP contribution is 2.31. The molecule has 1 N–H and O–H groups in total. The quantitative estimate of drug-likeness (QED) is 0.832. The van der Waals surface area contributed by atoms with Crippen molar-refractivity contribution in [3.8, 4) is 5.69 Å². The van der Waals surface area contributed by atoms with E-state index in [4.69, 9.17) is 23.2 Å². The van der Waals surface area contributed by atoms with Crippen LogP contribution in [0.1, 0.15) is 12.4 Å². The van der Waals surface area contributed by atoms with Gasteiger partial charge in [-0.1, -0.05) is 23.2 Å². The van der Waals surface area contributed by atoms with Gasteiger partial charge in [-0.3, -0.25) is 0 Å². The van der Waals surface area contributed by atoms with Crippen molar-refractivity contribution >= 4 is 38.7 Å². The maximum atomic E-state index is 12.9. The fourth-order valence-electron chi connectivity index (χ4n) is 1.90. The number of halogens is 4. The molecule has 0 bridgehead atoms. The third kappa shape index (κ3) is 3.87. The first-order valence-electron chi connectivity index (χ1n) is 6.38. The summed E-state index contributed by atoms with van der Waals surface area (Å²) in [6, 6.07) is 2.52. The number of hydrogen-bond donors (Lipinski definition) is 1. The summed E-state index contributed by atoms with van der Waals surface area (Å²) in [5, 5.41) is 6.43. The van der Waals surface area contributed by atoms with Crippen LogP contribution >= 0.6 is 23.2 Å². The molecule has 0 unspecified atom stereocenters. The second-order valence-corrected chi connectivity index (χ2v) is 7.87. The molecule has 0 fully saturated rings. The van der Waals surface area contributed by atoms with Crippen molar-refractivity contribution in [2.24, 2.45) is 0 Å². The van der Waals surface area contributed by atoms with Crippen molar-refractivity contribution in [2.75, 3.05) is 17.4 Å². The number of rotatable bonds is 5. The zero-order valence-electron chi connectivity index (χ0n) is 12.4. The van der Waals surface area contributed by atoms with Gasteiger partial charge in [0.05, 0.1) is 21.4 Å². The number of aryl methyl sites for hydroxylation is 1. The molecule has 0 aliphatic rings. The molecule has 1 aromatic carbocycles. The number of anilines is 1. The van der Waals surface area contributed by atoms with E-state index in [-0.39, 0.29) is 31.8 Å². The molecule has 0 radical (unpaired) electrons. The van der Waals surface area contributed by atoms with Gasteiger partial charge in [0.15, 0.2) is 9.84 Å². The molecule has 132 valence electrons. The van der Waals surface area contributed by atoms with Crippen LogP contribution in [0.25, 0.3) is 5.69 Å². The SMILES string of the molecule is Cc1nn(-c2cc(NCS(C)(=O)=O)c(Cl)cc2Cl)c(=O)n1C(F)F. The maximum Gasteiger partial charge on any atom is 0.355 e. The van der Waals surface area contributed by atoms with Crippen LogP contribution in [0.5, 0.6) is 0 Å². The van der Waals surface area contributed by atoms with E-state index in [1.54, 1.807) is 0 Å². The topological polar surface area (TPSA) is 86.0 Å². The van der Waals surface area contributed by atoms with E-state index in [1.807, 2.05) is 0 Å². The number of benzene rings is 1. The second-order valence-electron chi connectivity index (χ2n) is 4.92. The molecule has 2 aromatic rings. The first kappa shape index (κ1) is 18.7. The average Bonchev–Trinajstić information content (AvgIpc) is 2.72. The summed E-state index contributed by atoms with van der Waals surface area (Å²) >= 11 is 12.0. The number of nitrogens with one attached hydrogen (secondary N) is 1. The normalized spacial score (nSPS) is 12.0. The Morgan fingerprint density at radius 3 is 2.42 bits per heavy atom. The summed E-state index contributed by atoms with van der Waals surface area (Å²) in [6.07, 6.45) is 1.02. The third-order valence-corrected chi connectivity index (χ3v) is 4.25. The van der Waals surface area contributed by atoms with Crippen molar-refractivity contribution in [3.63, 3.8) is 0 Å². The molecule has 2 rings (SSSR count). The zero-order valence-corrected chi connectivity index (χ0v) is 14.8. The van der Waals surface area contributed by atoms with Gasteiger partial charge < -0.3 is 5.32 Å². The van der Waals surface area contributed by atoms with Gasteiger partial charge in [0.25, 0.3) is 0 Å². The van der Waals surface area contributed by atoms with Crippen LogP contribution in [-0.2, 0) is 9.84 Å². The molecule has 7 nitrogen and oxygen atoms in total. The van der Waals surface area contributed by atoms with E-state index in [9.17, 15) is 22.0 Å². The van der Waals surface area contributed by atoms with Gasteiger partial charge in [0.2, 0.25) is 0 Å². The van der Waals surface area contributed by atoms with Gasteiger partial charge in [-0.15, -0.1) is 5.10 Å². The van der Waals surface area contributed by atoms with Gasteiger partial charge in [0, 0.05) is 6.26 Å². The van der Waals surface area contributed by atoms with E-state index in [0.717, 1.165) is 6.26 Å². The van der Waals surface area contributed by atoms with Gasteiger partial charge in [-0.25, -0.2) is 17.8 Å². The Morgan fingerprint density at radius 1 is 1.29 bits per heavy atom. The molecule has 0 spiro atoms. The predicted molar refractivity (Wildman–Crippen MR) is 87.2 cm³/mol. The summed E-state index contributed by atoms with van der Waals surface area (Å²) in [4.78, 5) is 12.1. The number of aromatic nitrogens is 3. The first-order valence-corrected chi connectivity index (χ1v) is 9.20. The van der Waals surface area contributed by atoms with E-state index < -0.39 is 28.0 Å². The summed E-state index contributed by atoms with van der Waals surface area (Å²) in [6.45, 7) is -1.81. The summed E-state index contributed by atoms with van der Waals surface area (Å²) in [7, 11) is -3.34. The molecule has 0 aliphatic heterocycles. The van der Waals surface area contributed by atoms with Gasteiger partial charge in [-0.2, -0.15) is 13.5 Å². The lowest BCUT2D eigenvalue weighted by Gasteiger charge is -2.11. The minimum Gasteiger partial charge on any atom is -0.370 e. The highest BCUT2D eigenvalue weighted by atomic mass is 35.5. The van der Waals surface area contributed by atoms with Crippen LogP contribution in [0.2, 0.25) is 10.0 Å². The monoisotopic (exact) mass is 400 g/mol. The van der Waals surface area contributed by atoms with Crippen molar-refractivity contribution in [3.05, 3.63) is 38.5 Å². The lowest BCUT2D eigenvalue weighted by Crippen LogP contribution is -2.25. The number of nitrogens with zero attached hydrogens (tertiary/aromatic N) is 3. The van der Waals surface area contributed by atoms with Crippen LogP contribution < -0.4 is 11.0 Å². The van der Waals surface area contributed by atoms with E-state index in [0.29, 0.717) is 4.68 Å². The second kappa shape index (κ2) is 6.69. The predicted octanol–water partition coefficient (Wildman–Crippen LogP) is 2.46. The van der Waals surface area contributed by atoms with Gasteiger partial charge in [-0.05, 0) is 19.1 Å². The Kier molecular flexibility index (Phi) is 5.21. The van der Waals surface area contributed by atoms with Gasteiger partial charge in [0.1, 0.15) is 11.7 Å². The van der Waals surface area contributed by atoms with Gasteiger partial charge >= 0.3 is 12.2 Å². The van der Waals surface area contributed by atoms with Crippen LogP contribution in [0.15, 0.2) is 16.9 Å². The summed E-state index contributed by atoms with van der Waals surface area (Å²) in [5.41, 5.74) is -0.928. The molecule has 0 amide bonds. The molecule has 0 atom stereocenters. The zero-order chi connectivity index (χ0) is 18.2. The van der Waals surface area contributed by atoms with Crippen LogP contribution in [-0.4, -0.2) is 34.9 Å². The standard InChI is InChI=1S/C12H12Cl2F2N4O3S/c1-6-18-20(12(21)19(6)11(15)16)10-4-9(7(13)3-8(10)14)17-5-24(2,22)23/h3-4,11,17H,5H2,1-2H3. The molecule has 24 heavy (non-hydrogen) atoms. The molecule has 1 heterocycles. The molecule has 0 saturated heterocycles. The van der Waals surface area contributed by atoms with E-state index in [2.05, 4.69) is 10.4 Å². The Bertz CT molecular complexity index is 941. The molecular weight excluding hydrogens is 389 g/mol. The fourth-order valence-corrected chi connectivity index (χ4v) is 2.85. The van der Waals surface area contributed by atoms with E-state index >= 15 is 0 Å². The first-order chi connectivity index (χ1) is 11.0. The highest BCUT2D eigenvalue weighted by Gasteiger charge is 2.20. The molecule has 12 heteroatoms. The molecule has 1 aromatic heterocycles. The third-order valence-electron chi connectivity index (χ3n) is 2.97. The lowest BCUT2D eigenvalue weighted by atomic mass is 10.2. The highest BCUT2D eigenvalue weighted by molar-refractivity contribution is 7.90. The average molecular weight is 401 g/mol. The molecule has 0 saturated carbocycles. The maximum absolute atomic E-state index is 12.9. The van der Waals surface area contributed by atoms with Crippen molar-refractivity contribution < 1.29 is 17.2 Å². The van der Waals surface area contributed by atoms with Crippen molar-refractivity contribution in [1.29, 1.82) is 0 Å². The van der Waals surface area contributed by atoms with Crippen LogP contribution in [0.3, 0.4) is 0 Å². The van der Waals surface area contributed by atoms with Crippen molar-refractivity contribution in [2.45, 2.75) is 13.5 Å².